The van der Waals surface area contributed by atoms with E-state index >= 15 is 0 Å². The van der Waals surface area contributed by atoms with Crippen molar-refractivity contribution in [3.63, 3.8) is 0 Å². The van der Waals surface area contributed by atoms with Gasteiger partial charge in [0.05, 0.1) is 6.54 Å². The number of aryl methyl sites for hydroxylation is 2. The Bertz CT molecular complexity index is 588. The zero-order valence-corrected chi connectivity index (χ0v) is 14.7. The van der Waals surface area contributed by atoms with Crippen molar-refractivity contribution in [1.82, 2.24) is 10.2 Å². The fourth-order valence-electron chi connectivity index (χ4n) is 3.01. The second-order valence-electron chi connectivity index (χ2n) is 7.31. The van der Waals surface area contributed by atoms with Crippen molar-refractivity contribution < 1.29 is 9.59 Å². The molecule has 2 rings (SSSR count). The number of hydrogen-bond donors (Lipinski definition) is 1. The van der Waals surface area contributed by atoms with Crippen molar-refractivity contribution in [2.75, 3.05) is 13.1 Å². The van der Waals surface area contributed by atoms with Crippen LogP contribution in [0.5, 0.6) is 0 Å². The molecule has 4 nitrogen and oxygen atoms in total. The van der Waals surface area contributed by atoms with Crippen LogP contribution in [0.25, 0.3) is 0 Å². The number of carbonyl (C=O) groups is 2. The van der Waals surface area contributed by atoms with E-state index in [9.17, 15) is 9.59 Å². The molecular weight excluding hydrogens is 288 g/mol. The van der Waals surface area contributed by atoms with E-state index in [2.05, 4.69) is 11.4 Å². The molecule has 1 aliphatic carbocycles. The second-order valence-corrected chi connectivity index (χ2v) is 7.31. The molecule has 0 heterocycles. The van der Waals surface area contributed by atoms with Gasteiger partial charge in [-0.2, -0.15) is 0 Å². The highest BCUT2D eigenvalue weighted by atomic mass is 16.2. The van der Waals surface area contributed by atoms with Crippen molar-refractivity contribution in [3.05, 3.63) is 34.9 Å². The summed E-state index contributed by atoms with van der Waals surface area (Å²) in [5, 5.41) is 2.91. The van der Waals surface area contributed by atoms with Crippen molar-refractivity contribution >= 4 is 11.8 Å². The third-order valence-corrected chi connectivity index (χ3v) is 4.11. The molecule has 0 atom stereocenters. The van der Waals surface area contributed by atoms with Crippen LogP contribution in [-0.4, -0.2) is 35.3 Å². The van der Waals surface area contributed by atoms with Crippen LogP contribution in [0.3, 0.4) is 0 Å². The van der Waals surface area contributed by atoms with Crippen LogP contribution in [-0.2, 0) is 17.6 Å². The monoisotopic (exact) mass is 316 g/mol. The van der Waals surface area contributed by atoms with Crippen LogP contribution in [0, 0.1) is 0 Å². The summed E-state index contributed by atoms with van der Waals surface area (Å²) >= 11 is 0. The number of hydrogen-bond acceptors (Lipinski definition) is 2. The Kier molecular flexibility index (Phi) is 5.45. The summed E-state index contributed by atoms with van der Waals surface area (Å²) in [5.41, 5.74) is 3.06. The highest BCUT2D eigenvalue weighted by Gasteiger charge is 2.21. The topological polar surface area (TPSA) is 49.4 Å². The van der Waals surface area contributed by atoms with Crippen LogP contribution in [0.4, 0.5) is 0 Å². The molecule has 1 aromatic rings. The lowest BCUT2D eigenvalue weighted by molar-refractivity contribution is -0.123. The maximum Gasteiger partial charge on any atom is 0.254 e. The van der Waals surface area contributed by atoms with Crippen molar-refractivity contribution in [1.29, 1.82) is 0 Å². The lowest BCUT2D eigenvalue weighted by Crippen LogP contribution is -2.47. The van der Waals surface area contributed by atoms with Crippen LogP contribution in [0.1, 0.15) is 62.0 Å². The average molecular weight is 316 g/mol. The smallest absolute Gasteiger partial charge is 0.254 e. The number of amides is 2. The molecule has 0 saturated heterocycles. The summed E-state index contributed by atoms with van der Waals surface area (Å²) in [6.45, 7) is 8.34. The summed E-state index contributed by atoms with van der Waals surface area (Å²) in [6, 6.07) is 5.99. The van der Waals surface area contributed by atoms with E-state index in [0.29, 0.717) is 12.1 Å². The molecule has 126 valence electrons. The van der Waals surface area contributed by atoms with Gasteiger partial charge in [-0.15, -0.1) is 0 Å². The first-order chi connectivity index (χ1) is 10.8. The Morgan fingerprint density at radius 1 is 1.13 bits per heavy atom. The van der Waals surface area contributed by atoms with E-state index in [-0.39, 0.29) is 23.9 Å². The number of nitrogens with zero attached hydrogens (tertiary/aromatic N) is 1. The lowest BCUT2D eigenvalue weighted by Gasteiger charge is -2.25. The van der Waals surface area contributed by atoms with Crippen molar-refractivity contribution in [3.8, 4) is 0 Å². The normalized spacial score (nSPS) is 14.1. The molecule has 0 spiro atoms. The number of carbonyl (C=O) groups excluding carboxylic acids is 2. The molecule has 0 aromatic heterocycles. The zero-order chi connectivity index (χ0) is 17.0. The average Bonchev–Trinajstić information content (AvgIpc) is 2.49. The summed E-state index contributed by atoms with van der Waals surface area (Å²) in [7, 11) is 0. The second kappa shape index (κ2) is 7.16. The Balaban J connectivity index is 2.09. The Morgan fingerprint density at radius 2 is 1.78 bits per heavy atom. The molecule has 0 bridgehead atoms. The van der Waals surface area contributed by atoms with Crippen molar-refractivity contribution in [2.45, 2.75) is 58.9 Å². The van der Waals surface area contributed by atoms with Gasteiger partial charge < -0.3 is 10.2 Å². The van der Waals surface area contributed by atoms with Gasteiger partial charge in [0.15, 0.2) is 0 Å². The van der Waals surface area contributed by atoms with Gasteiger partial charge in [-0.3, -0.25) is 9.59 Å². The van der Waals surface area contributed by atoms with Crippen molar-refractivity contribution in [2.24, 2.45) is 0 Å². The lowest BCUT2D eigenvalue weighted by atomic mass is 9.90. The van der Waals surface area contributed by atoms with Gasteiger partial charge >= 0.3 is 0 Å². The molecule has 1 aliphatic rings. The van der Waals surface area contributed by atoms with Gasteiger partial charge in [0.2, 0.25) is 5.91 Å². The molecule has 0 radical (unpaired) electrons. The summed E-state index contributed by atoms with van der Waals surface area (Å²) < 4.78 is 0. The minimum atomic E-state index is -0.286. The number of nitrogens with one attached hydrogen (secondary N) is 1. The third-order valence-electron chi connectivity index (χ3n) is 4.11. The minimum absolute atomic E-state index is 0.0649. The first-order valence-electron chi connectivity index (χ1n) is 8.52. The van der Waals surface area contributed by atoms with Gasteiger partial charge in [-0.1, -0.05) is 6.07 Å². The Hall–Kier alpha value is -1.84. The molecule has 2 amide bonds. The first kappa shape index (κ1) is 17.5. The Labute approximate surface area is 139 Å². The van der Waals surface area contributed by atoms with E-state index < -0.39 is 0 Å². The molecule has 0 fully saturated rings. The van der Waals surface area contributed by atoms with Crippen LogP contribution >= 0.6 is 0 Å². The van der Waals surface area contributed by atoms with Gasteiger partial charge in [-0.05, 0) is 76.6 Å². The van der Waals surface area contributed by atoms with Crippen LogP contribution < -0.4 is 5.32 Å². The standard InChI is InChI=1S/C19H28N2O2/c1-5-21(13-17(22)20-19(2,3)4)18(23)16-11-10-14-8-6-7-9-15(14)12-16/h10-12H,5-9,13H2,1-4H3,(H,20,22). The maximum atomic E-state index is 12.7. The molecule has 23 heavy (non-hydrogen) atoms. The molecule has 1 aromatic carbocycles. The predicted molar refractivity (Wildman–Crippen MR) is 92.6 cm³/mol. The molecule has 1 N–H and O–H groups in total. The predicted octanol–water partition coefficient (Wildman–Crippen LogP) is 2.94. The largest absolute Gasteiger partial charge is 0.350 e. The first-order valence-corrected chi connectivity index (χ1v) is 8.52. The number of fused-ring (bicyclic) bond motifs is 1. The van der Waals surface area contributed by atoms with E-state index in [4.69, 9.17) is 0 Å². The zero-order valence-electron chi connectivity index (χ0n) is 14.7. The summed E-state index contributed by atoms with van der Waals surface area (Å²) in [5.74, 6) is -0.185. The highest BCUT2D eigenvalue weighted by Crippen LogP contribution is 2.22. The SMILES string of the molecule is CCN(CC(=O)NC(C)(C)C)C(=O)c1ccc2c(c1)CCCC2. The molecule has 0 aliphatic heterocycles. The van der Waals surface area contributed by atoms with Gasteiger partial charge in [0, 0.05) is 17.6 Å². The van der Waals surface area contributed by atoms with E-state index in [1.54, 1.807) is 4.90 Å². The van der Waals surface area contributed by atoms with Crippen LogP contribution in [0.15, 0.2) is 18.2 Å². The van der Waals surface area contributed by atoms with E-state index in [0.717, 1.165) is 12.8 Å². The molecule has 4 heteroatoms. The molecule has 0 unspecified atom stereocenters. The third kappa shape index (κ3) is 4.81. The number of likely N-dealkylation sites (N-methyl/N-ethyl adjacent to an activating group) is 1. The summed E-state index contributed by atoms with van der Waals surface area (Å²) in [4.78, 5) is 26.4. The molecular formula is C19H28N2O2. The van der Waals surface area contributed by atoms with Gasteiger partial charge in [0.25, 0.3) is 5.91 Å². The number of benzene rings is 1. The quantitative estimate of drug-likeness (QED) is 0.928. The molecule has 0 saturated carbocycles. The number of rotatable bonds is 4. The van der Waals surface area contributed by atoms with Gasteiger partial charge in [-0.25, -0.2) is 0 Å². The summed E-state index contributed by atoms with van der Waals surface area (Å²) in [6.07, 6.45) is 4.58. The van der Waals surface area contributed by atoms with E-state index in [1.807, 2.05) is 39.8 Å². The van der Waals surface area contributed by atoms with E-state index in [1.165, 1.54) is 24.0 Å². The Morgan fingerprint density at radius 3 is 2.39 bits per heavy atom. The minimum Gasteiger partial charge on any atom is -0.350 e. The fraction of sp³-hybridized carbons (Fsp3) is 0.579. The van der Waals surface area contributed by atoms with Crippen LogP contribution in [0.2, 0.25) is 0 Å². The van der Waals surface area contributed by atoms with Gasteiger partial charge in [0.1, 0.15) is 0 Å². The maximum absolute atomic E-state index is 12.7. The highest BCUT2D eigenvalue weighted by molar-refractivity contribution is 5.96. The fourth-order valence-corrected chi connectivity index (χ4v) is 3.01.